The smallest absolute Gasteiger partial charge is 0.307 e. The third-order valence-corrected chi connectivity index (χ3v) is 5.71. The molecule has 1 fully saturated rings. The predicted octanol–water partition coefficient (Wildman–Crippen LogP) is 1.70. The maximum atomic E-state index is 12.0. The molecule has 0 spiro atoms. The summed E-state index contributed by atoms with van der Waals surface area (Å²) in [7, 11) is -3.24. The Morgan fingerprint density at radius 3 is 2.56 bits per heavy atom. The maximum absolute atomic E-state index is 12.0. The van der Waals surface area contributed by atoms with Crippen LogP contribution in [0, 0.1) is 11.8 Å². The Kier molecular flexibility index (Phi) is 4.35. The second kappa shape index (κ2) is 5.17. The highest BCUT2D eigenvalue weighted by atomic mass is 32.2. The van der Waals surface area contributed by atoms with Crippen molar-refractivity contribution in [1.29, 1.82) is 0 Å². The van der Waals surface area contributed by atoms with Gasteiger partial charge in [-0.15, -0.1) is 0 Å². The van der Waals surface area contributed by atoms with Crippen LogP contribution in [0.5, 0.6) is 0 Å². The third kappa shape index (κ3) is 3.47. The van der Waals surface area contributed by atoms with Crippen molar-refractivity contribution < 1.29 is 18.3 Å². The largest absolute Gasteiger partial charge is 0.481 e. The summed E-state index contributed by atoms with van der Waals surface area (Å²) >= 11 is 0. The molecule has 0 aromatic heterocycles. The van der Waals surface area contributed by atoms with Crippen LogP contribution in [0.3, 0.4) is 0 Å². The van der Waals surface area contributed by atoms with Gasteiger partial charge in [0.05, 0.1) is 16.9 Å². The van der Waals surface area contributed by atoms with Gasteiger partial charge in [-0.1, -0.05) is 26.7 Å². The van der Waals surface area contributed by atoms with Crippen LogP contribution in [0.2, 0.25) is 0 Å². The molecular weight excluding hydrogens is 228 g/mol. The van der Waals surface area contributed by atoms with Crippen molar-refractivity contribution >= 4 is 15.8 Å². The minimum atomic E-state index is -3.24. The van der Waals surface area contributed by atoms with Gasteiger partial charge < -0.3 is 5.11 Å². The SMILES string of the molecule is CC1CCCC(S(=O)(=O)CC(C)C(=O)O)C1. The Morgan fingerprint density at radius 1 is 1.44 bits per heavy atom. The number of aliphatic carboxylic acids is 1. The predicted molar refractivity (Wildman–Crippen MR) is 62.0 cm³/mol. The summed E-state index contributed by atoms with van der Waals surface area (Å²) < 4.78 is 24.0. The van der Waals surface area contributed by atoms with Crippen LogP contribution in [-0.4, -0.2) is 30.5 Å². The van der Waals surface area contributed by atoms with Gasteiger partial charge in [0, 0.05) is 0 Å². The van der Waals surface area contributed by atoms with Crippen molar-refractivity contribution in [3.8, 4) is 0 Å². The van der Waals surface area contributed by atoms with Gasteiger partial charge in [0.2, 0.25) is 0 Å². The van der Waals surface area contributed by atoms with E-state index in [0.29, 0.717) is 18.8 Å². The summed E-state index contributed by atoms with van der Waals surface area (Å²) in [6.45, 7) is 3.51. The molecule has 5 heteroatoms. The van der Waals surface area contributed by atoms with E-state index < -0.39 is 21.7 Å². The highest BCUT2D eigenvalue weighted by Crippen LogP contribution is 2.29. The Labute approximate surface area is 97.0 Å². The van der Waals surface area contributed by atoms with E-state index in [-0.39, 0.29) is 11.0 Å². The molecule has 4 nitrogen and oxygen atoms in total. The van der Waals surface area contributed by atoms with Crippen molar-refractivity contribution in [3.63, 3.8) is 0 Å². The van der Waals surface area contributed by atoms with Gasteiger partial charge in [-0.2, -0.15) is 0 Å². The van der Waals surface area contributed by atoms with E-state index in [2.05, 4.69) is 6.92 Å². The van der Waals surface area contributed by atoms with Crippen LogP contribution in [0.4, 0.5) is 0 Å². The average Bonchev–Trinajstić information content (AvgIpc) is 2.17. The fourth-order valence-corrected chi connectivity index (χ4v) is 4.52. The summed E-state index contributed by atoms with van der Waals surface area (Å²) in [4.78, 5) is 10.7. The Bertz CT molecular complexity index is 347. The van der Waals surface area contributed by atoms with Gasteiger partial charge in [0.25, 0.3) is 0 Å². The molecule has 1 rings (SSSR count). The van der Waals surface area contributed by atoms with E-state index in [1.807, 2.05) is 0 Å². The first-order valence-electron chi connectivity index (χ1n) is 5.77. The lowest BCUT2D eigenvalue weighted by Crippen LogP contribution is -2.33. The molecule has 0 aromatic rings. The van der Waals surface area contributed by atoms with Gasteiger partial charge in [0.1, 0.15) is 0 Å². The maximum Gasteiger partial charge on any atom is 0.307 e. The number of hydrogen-bond donors (Lipinski definition) is 1. The monoisotopic (exact) mass is 248 g/mol. The average molecular weight is 248 g/mol. The molecular formula is C11H20O4S. The quantitative estimate of drug-likeness (QED) is 0.822. The third-order valence-electron chi connectivity index (χ3n) is 3.30. The molecule has 3 atom stereocenters. The van der Waals surface area contributed by atoms with E-state index in [1.165, 1.54) is 6.92 Å². The molecule has 1 N–H and O–H groups in total. The van der Waals surface area contributed by atoms with Gasteiger partial charge >= 0.3 is 5.97 Å². The second-order valence-electron chi connectivity index (χ2n) is 4.96. The number of sulfone groups is 1. The molecule has 3 unspecified atom stereocenters. The fourth-order valence-electron chi connectivity index (χ4n) is 2.26. The van der Waals surface area contributed by atoms with E-state index >= 15 is 0 Å². The fraction of sp³-hybridized carbons (Fsp3) is 0.909. The molecule has 0 aliphatic heterocycles. The molecule has 16 heavy (non-hydrogen) atoms. The minimum Gasteiger partial charge on any atom is -0.481 e. The molecule has 0 amide bonds. The molecule has 0 radical (unpaired) electrons. The number of carboxylic acid groups (broad SMARTS) is 1. The highest BCUT2D eigenvalue weighted by Gasteiger charge is 2.32. The van der Waals surface area contributed by atoms with Crippen LogP contribution < -0.4 is 0 Å². The van der Waals surface area contributed by atoms with E-state index in [0.717, 1.165) is 12.8 Å². The lowest BCUT2D eigenvalue weighted by Gasteiger charge is -2.27. The molecule has 1 aliphatic rings. The summed E-state index contributed by atoms with van der Waals surface area (Å²) in [6.07, 6.45) is 3.40. The summed E-state index contributed by atoms with van der Waals surface area (Å²) in [5.74, 6) is -1.62. The van der Waals surface area contributed by atoms with Crippen molar-refractivity contribution in [2.24, 2.45) is 11.8 Å². The molecule has 94 valence electrons. The number of carboxylic acids is 1. The minimum absolute atomic E-state index is 0.223. The molecule has 0 bridgehead atoms. The van der Waals surface area contributed by atoms with E-state index in [4.69, 9.17) is 5.11 Å². The van der Waals surface area contributed by atoms with Crippen molar-refractivity contribution in [3.05, 3.63) is 0 Å². The summed E-state index contributed by atoms with van der Waals surface area (Å²) in [5.41, 5.74) is 0. The van der Waals surface area contributed by atoms with E-state index in [9.17, 15) is 13.2 Å². The first-order valence-corrected chi connectivity index (χ1v) is 7.49. The van der Waals surface area contributed by atoms with Crippen LogP contribution in [0.15, 0.2) is 0 Å². The molecule has 1 saturated carbocycles. The number of carbonyl (C=O) groups is 1. The zero-order valence-electron chi connectivity index (χ0n) is 9.85. The molecule has 0 aromatic carbocycles. The molecule has 0 heterocycles. The Balaban J connectivity index is 2.66. The topological polar surface area (TPSA) is 71.4 Å². The zero-order chi connectivity index (χ0) is 12.3. The standard InChI is InChI=1S/C11H20O4S/c1-8-4-3-5-10(6-8)16(14,15)7-9(2)11(12)13/h8-10H,3-7H2,1-2H3,(H,12,13). The number of hydrogen-bond acceptors (Lipinski definition) is 3. The van der Waals surface area contributed by atoms with Crippen LogP contribution >= 0.6 is 0 Å². The molecule has 0 saturated heterocycles. The Morgan fingerprint density at radius 2 is 2.06 bits per heavy atom. The van der Waals surface area contributed by atoms with Crippen molar-refractivity contribution in [2.75, 3.05) is 5.75 Å². The second-order valence-corrected chi connectivity index (χ2v) is 7.29. The van der Waals surface area contributed by atoms with Gasteiger partial charge in [-0.05, 0) is 18.8 Å². The van der Waals surface area contributed by atoms with Gasteiger partial charge in [-0.3, -0.25) is 4.79 Å². The highest BCUT2D eigenvalue weighted by molar-refractivity contribution is 7.92. The van der Waals surface area contributed by atoms with Crippen LogP contribution in [0.1, 0.15) is 39.5 Å². The summed E-state index contributed by atoms with van der Waals surface area (Å²) in [6, 6.07) is 0. The van der Waals surface area contributed by atoms with E-state index in [1.54, 1.807) is 0 Å². The first kappa shape index (κ1) is 13.5. The lowest BCUT2D eigenvalue weighted by atomic mass is 9.91. The summed E-state index contributed by atoms with van der Waals surface area (Å²) in [5, 5.41) is 8.41. The first-order chi connectivity index (χ1) is 7.33. The normalized spacial score (nSPS) is 28.6. The van der Waals surface area contributed by atoms with Gasteiger partial charge in [-0.25, -0.2) is 8.42 Å². The zero-order valence-corrected chi connectivity index (χ0v) is 10.7. The number of rotatable bonds is 4. The molecule has 1 aliphatic carbocycles. The van der Waals surface area contributed by atoms with Crippen LogP contribution in [0.25, 0.3) is 0 Å². The lowest BCUT2D eigenvalue weighted by molar-refractivity contribution is -0.140. The van der Waals surface area contributed by atoms with Crippen LogP contribution in [-0.2, 0) is 14.6 Å². The Hall–Kier alpha value is -0.580. The van der Waals surface area contributed by atoms with Crippen molar-refractivity contribution in [1.82, 2.24) is 0 Å². The van der Waals surface area contributed by atoms with Gasteiger partial charge in [0.15, 0.2) is 9.84 Å². The van der Waals surface area contributed by atoms with Crippen molar-refractivity contribution in [2.45, 2.75) is 44.8 Å².